The largest absolute Gasteiger partial charge is 0.486 e. The van der Waals surface area contributed by atoms with E-state index in [-0.39, 0.29) is 0 Å². The average molecular weight is 189 g/mol. The summed E-state index contributed by atoms with van der Waals surface area (Å²) in [5.74, 6) is 0.574. The highest BCUT2D eigenvalue weighted by Crippen LogP contribution is 2.30. The predicted molar refractivity (Wildman–Crippen MR) is 47.4 cm³/mol. The van der Waals surface area contributed by atoms with E-state index >= 15 is 0 Å². The number of rotatable bonds is 1. The van der Waals surface area contributed by atoms with Gasteiger partial charge in [-0.25, -0.2) is 0 Å². The molecule has 0 atom stereocenters. The van der Waals surface area contributed by atoms with Gasteiger partial charge in [-0.1, -0.05) is 0 Å². The molecule has 1 aromatic rings. The van der Waals surface area contributed by atoms with Gasteiger partial charge in [0.05, 0.1) is 0 Å². The smallest absolute Gasteiger partial charge is 0.262 e. The Bertz CT molecular complexity index is 420. The van der Waals surface area contributed by atoms with E-state index in [1.807, 2.05) is 0 Å². The van der Waals surface area contributed by atoms with Crippen LogP contribution in [0.3, 0.4) is 0 Å². The monoisotopic (exact) mass is 189 g/mol. The van der Waals surface area contributed by atoms with E-state index in [2.05, 4.69) is 0 Å². The molecule has 1 aromatic carbocycles. The quantitative estimate of drug-likeness (QED) is 0.491. The molecule has 2 rings (SSSR count). The van der Waals surface area contributed by atoms with Crippen LogP contribution < -0.4 is 9.47 Å². The Labute approximate surface area is 80.7 Å². The summed E-state index contributed by atoms with van der Waals surface area (Å²) >= 11 is 0. The normalized spacial score (nSPS) is 13.1. The molecule has 4 nitrogen and oxygen atoms in total. The van der Waals surface area contributed by atoms with Crippen LogP contribution in [0.5, 0.6) is 11.5 Å². The summed E-state index contributed by atoms with van der Waals surface area (Å²) in [5, 5.41) is 8.42. The SMILES string of the molecule is N#CC(=O)c1ccc2c(c1)OCCO2. The zero-order valence-corrected chi connectivity index (χ0v) is 7.32. The summed E-state index contributed by atoms with van der Waals surface area (Å²) in [6, 6.07) is 6.27. The number of fused-ring (bicyclic) bond motifs is 1. The van der Waals surface area contributed by atoms with Gasteiger partial charge in [-0.2, -0.15) is 5.26 Å². The number of nitrogens with zero attached hydrogens (tertiary/aromatic N) is 1. The maximum absolute atomic E-state index is 11.0. The highest BCUT2D eigenvalue weighted by Gasteiger charge is 2.14. The van der Waals surface area contributed by atoms with Crippen LogP contribution in [-0.4, -0.2) is 19.0 Å². The number of carbonyl (C=O) groups is 1. The van der Waals surface area contributed by atoms with Crippen LogP contribution in [-0.2, 0) is 0 Å². The lowest BCUT2D eigenvalue weighted by molar-refractivity contribution is 0.105. The van der Waals surface area contributed by atoms with Crippen molar-refractivity contribution in [3.8, 4) is 17.6 Å². The fraction of sp³-hybridized carbons (Fsp3) is 0.200. The molecule has 14 heavy (non-hydrogen) atoms. The van der Waals surface area contributed by atoms with Gasteiger partial charge in [-0.15, -0.1) is 0 Å². The van der Waals surface area contributed by atoms with Crippen molar-refractivity contribution >= 4 is 5.78 Å². The zero-order chi connectivity index (χ0) is 9.97. The average Bonchev–Trinajstić information content (AvgIpc) is 2.27. The highest BCUT2D eigenvalue weighted by atomic mass is 16.6. The summed E-state index contributed by atoms with van der Waals surface area (Å²) in [5.41, 5.74) is 0.330. The number of benzene rings is 1. The lowest BCUT2D eigenvalue weighted by Gasteiger charge is -2.18. The number of nitriles is 1. The van der Waals surface area contributed by atoms with Crippen molar-refractivity contribution < 1.29 is 14.3 Å². The van der Waals surface area contributed by atoms with Crippen LogP contribution in [0.15, 0.2) is 18.2 Å². The first-order valence-electron chi connectivity index (χ1n) is 4.15. The third kappa shape index (κ3) is 1.40. The van der Waals surface area contributed by atoms with Crippen LogP contribution in [0, 0.1) is 11.3 Å². The van der Waals surface area contributed by atoms with Crippen molar-refractivity contribution in [1.82, 2.24) is 0 Å². The molecule has 4 heteroatoms. The molecule has 1 aliphatic heterocycles. The summed E-state index contributed by atoms with van der Waals surface area (Å²) in [4.78, 5) is 11.0. The molecule has 0 aliphatic carbocycles. The molecule has 0 N–H and O–H groups in total. The molecule has 0 fully saturated rings. The Balaban J connectivity index is 2.39. The summed E-state index contributed by atoms with van der Waals surface area (Å²) in [6.45, 7) is 0.982. The third-order valence-electron chi connectivity index (χ3n) is 1.91. The molecule has 1 heterocycles. The van der Waals surface area contributed by atoms with Gasteiger partial charge in [0.15, 0.2) is 11.5 Å². The van der Waals surface area contributed by atoms with Crippen molar-refractivity contribution in [1.29, 1.82) is 5.26 Å². The van der Waals surface area contributed by atoms with E-state index in [4.69, 9.17) is 14.7 Å². The maximum Gasteiger partial charge on any atom is 0.262 e. The van der Waals surface area contributed by atoms with Crippen LogP contribution >= 0.6 is 0 Å². The van der Waals surface area contributed by atoms with Crippen molar-refractivity contribution in [3.63, 3.8) is 0 Å². The van der Waals surface area contributed by atoms with Crippen LogP contribution in [0.1, 0.15) is 10.4 Å². The van der Waals surface area contributed by atoms with Gasteiger partial charge < -0.3 is 9.47 Å². The predicted octanol–water partition coefficient (Wildman–Crippen LogP) is 1.16. The summed E-state index contributed by atoms with van der Waals surface area (Å²) < 4.78 is 10.5. The first-order chi connectivity index (χ1) is 6.81. The topological polar surface area (TPSA) is 59.3 Å². The minimum absolute atomic E-state index is 0.330. The Morgan fingerprint density at radius 2 is 2.00 bits per heavy atom. The van der Waals surface area contributed by atoms with E-state index in [1.165, 1.54) is 6.07 Å². The number of carbonyl (C=O) groups excluding carboxylic acids is 1. The molecule has 0 spiro atoms. The molecule has 0 amide bonds. The second-order valence-electron chi connectivity index (χ2n) is 2.80. The van der Waals surface area contributed by atoms with Gasteiger partial charge in [0.1, 0.15) is 19.3 Å². The molecule has 0 unspecified atom stereocenters. The van der Waals surface area contributed by atoms with E-state index in [0.717, 1.165) is 0 Å². The first kappa shape index (κ1) is 8.57. The van der Waals surface area contributed by atoms with Crippen molar-refractivity contribution in [2.24, 2.45) is 0 Å². The summed E-state index contributed by atoms with van der Waals surface area (Å²) in [7, 11) is 0. The van der Waals surface area contributed by atoms with E-state index < -0.39 is 5.78 Å². The van der Waals surface area contributed by atoms with Gasteiger partial charge in [0.2, 0.25) is 0 Å². The summed E-state index contributed by atoms with van der Waals surface area (Å²) in [6.07, 6.45) is 0. The Kier molecular flexibility index (Phi) is 2.07. The molecule has 0 saturated carbocycles. The van der Waals surface area contributed by atoms with E-state index in [1.54, 1.807) is 18.2 Å². The van der Waals surface area contributed by atoms with Gasteiger partial charge in [-0.05, 0) is 18.2 Å². The number of hydrogen-bond donors (Lipinski definition) is 0. The molecule has 0 bridgehead atoms. The van der Waals surface area contributed by atoms with Crippen molar-refractivity contribution in [2.45, 2.75) is 0 Å². The first-order valence-corrected chi connectivity index (χ1v) is 4.15. The second-order valence-corrected chi connectivity index (χ2v) is 2.80. The maximum atomic E-state index is 11.0. The highest BCUT2D eigenvalue weighted by molar-refractivity contribution is 6.07. The van der Waals surface area contributed by atoms with Crippen molar-refractivity contribution in [3.05, 3.63) is 23.8 Å². The third-order valence-corrected chi connectivity index (χ3v) is 1.91. The van der Waals surface area contributed by atoms with Gasteiger partial charge >= 0.3 is 0 Å². The van der Waals surface area contributed by atoms with Crippen LogP contribution in [0.2, 0.25) is 0 Å². The molecule has 70 valence electrons. The fourth-order valence-electron chi connectivity index (χ4n) is 1.25. The van der Waals surface area contributed by atoms with Crippen LogP contribution in [0.25, 0.3) is 0 Å². The Morgan fingerprint density at radius 1 is 1.29 bits per heavy atom. The Hall–Kier alpha value is -2.02. The van der Waals surface area contributed by atoms with Gasteiger partial charge in [0, 0.05) is 5.56 Å². The number of ether oxygens (including phenoxy) is 2. The number of ketones is 1. The zero-order valence-electron chi connectivity index (χ0n) is 7.32. The van der Waals surface area contributed by atoms with E-state index in [0.29, 0.717) is 30.3 Å². The Morgan fingerprint density at radius 3 is 2.71 bits per heavy atom. The second kappa shape index (κ2) is 3.38. The molecule has 0 aromatic heterocycles. The molecule has 1 aliphatic rings. The van der Waals surface area contributed by atoms with Gasteiger partial charge in [0.25, 0.3) is 5.78 Å². The number of Topliss-reactive ketones (excluding diaryl/α,β-unsaturated/α-hetero) is 1. The fourth-order valence-corrected chi connectivity index (χ4v) is 1.25. The molecule has 0 saturated heterocycles. The van der Waals surface area contributed by atoms with E-state index in [9.17, 15) is 4.79 Å². The molecular weight excluding hydrogens is 182 g/mol. The van der Waals surface area contributed by atoms with Crippen molar-refractivity contribution in [2.75, 3.05) is 13.2 Å². The van der Waals surface area contributed by atoms with Crippen LogP contribution in [0.4, 0.5) is 0 Å². The lowest BCUT2D eigenvalue weighted by atomic mass is 10.1. The van der Waals surface area contributed by atoms with Gasteiger partial charge in [-0.3, -0.25) is 4.79 Å². The lowest BCUT2D eigenvalue weighted by Crippen LogP contribution is -2.15. The standard InChI is InChI=1S/C10H7NO3/c11-6-8(12)7-1-2-9-10(5-7)14-4-3-13-9/h1-2,5H,3-4H2. The minimum atomic E-state index is -0.568. The number of hydrogen-bond acceptors (Lipinski definition) is 4. The molecule has 0 radical (unpaired) electrons. The molecular formula is C10H7NO3. The minimum Gasteiger partial charge on any atom is -0.486 e.